The zero-order chi connectivity index (χ0) is 24.8. The van der Waals surface area contributed by atoms with Gasteiger partial charge in [-0.15, -0.1) is 0 Å². The Labute approximate surface area is 197 Å². The van der Waals surface area contributed by atoms with Gasteiger partial charge in [-0.3, -0.25) is 0 Å². The van der Waals surface area contributed by atoms with E-state index in [-0.39, 0.29) is 11.6 Å². The Balaban J connectivity index is 0.000000537. The van der Waals surface area contributed by atoms with Crippen LogP contribution in [-0.4, -0.2) is 20.8 Å². The fourth-order valence-corrected chi connectivity index (χ4v) is 2.48. The molecule has 1 aromatic carbocycles. The lowest BCUT2D eigenvalue weighted by Crippen LogP contribution is -2.03. The molecule has 0 aliphatic carbocycles. The Hall–Kier alpha value is -2.41. The Kier molecular flexibility index (Phi) is 14.2. The lowest BCUT2D eigenvalue weighted by molar-refractivity contribution is 0.610. The molecule has 0 radical (unpaired) electrons. The number of hydrogen-bond acceptors (Lipinski definition) is 4. The van der Waals surface area contributed by atoms with Gasteiger partial charge in [0.1, 0.15) is 23.3 Å². The molecule has 3 aromatic rings. The number of halogens is 2. The summed E-state index contributed by atoms with van der Waals surface area (Å²) in [4.78, 5) is 8.05. The number of aromatic nitrogens is 3. The number of nitrogen functional groups attached to an aromatic ring is 1. The summed E-state index contributed by atoms with van der Waals surface area (Å²) in [7, 11) is 2.00. The van der Waals surface area contributed by atoms with Crippen LogP contribution >= 0.6 is 12.6 Å². The van der Waals surface area contributed by atoms with Crippen LogP contribution in [0.15, 0.2) is 30.5 Å². The molecule has 0 aliphatic heterocycles. The van der Waals surface area contributed by atoms with Crippen molar-refractivity contribution in [1.82, 2.24) is 14.5 Å². The number of imidazole rings is 1. The Morgan fingerprint density at radius 3 is 1.91 bits per heavy atom. The molecule has 2 N–H and O–H groups in total. The highest BCUT2D eigenvalue weighted by Gasteiger charge is 2.09. The van der Waals surface area contributed by atoms with Crippen LogP contribution in [0.4, 0.5) is 14.6 Å². The van der Waals surface area contributed by atoms with Crippen LogP contribution in [-0.2, 0) is 13.5 Å². The van der Waals surface area contributed by atoms with Crippen LogP contribution in [0.1, 0.15) is 60.6 Å². The first-order chi connectivity index (χ1) is 15.1. The first kappa shape index (κ1) is 29.6. The van der Waals surface area contributed by atoms with Crippen molar-refractivity contribution in [1.29, 1.82) is 0 Å². The molecule has 0 bridgehead atoms. The van der Waals surface area contributed by atoms with Gasteiger partial charge < -0.3 is 10.3 Å². The smallest absolute Gasteiger partial charge is 0.144 e. The second-order valence-corrected chi connectivity index (χ2v) is 7.31. The van der Waals surface area contributed by atoms with Gasteiger partial charge in [0.2, 0.25) is 0 Å². The number of thiol groups is 1. The minimum absolute atomic E-state index is 0.137. The lowest BCUT2D eigenvalue weighted by Gasteiger charge is -2.10. The Morgan fingerprint density at radius 2 is 1.47 bits per heavy atom. The monoisotopic (exact) mass is 464 g/mol. The van der Waals surface area contributed by atoms with E-state index in [2.05, 4.69) is 41.0 Å². The van der Waals surface area contributed by atoms with Crippen molar-refractivity contribution in [3.63, 3.8) is 0 Å². The van der Waals surface area contributed by atoms with Gasteiger partial charge in [-0.25, -0.2) is 18.7 Å². The first-order valence-corrected chi connectivity index (χ1v) is 11.6. The predicted octanol–water partition coefficient (Wildman–Crippen LogP) is 6.54. The Bertz CT molecular complexity index is 953. The third-order valence-corrected chi connectivity index (χ3v) is 5.04. The van der Waals surface area contributed by atoms with Crippen molar-refractivity contribution in [2.75, 3.05) is 12.0 Å². The van der Waals surface area contributed by atoms with E-state index in [1.54, 1.807) is 13.2 Å². The van der Waals surface area contributed by atoms with Gasteiger partial charge in [0, 0.05) is 25.4 Å². The quantitative estimate of drug-likeness (QED) is 0.433. The average Bonchev–Trinajstić information content (AvgIpc) is 3.11. The fourth-order valence-electron chi connectivity index (χ4n) is 2.48. The number of nitrogens with two attached hydrogens (primary N) is 1. The highest BCUT2D eigenvalue weighted by molar-refractivity contribution is 7.79. The number of anilines is 1. The van der Waals surface area contributed by atoms with Gasteiger partial charge in [0.25, 0.3) is 0 Å². The molecule has 2 aromatic heterocycles. The second-order valence-electron chi connectivity index (χ2n) is 7.31. The predicted molar refractivity (Wildman–Crippen MR) is 135 cm³/mol. The summed E-state index contributed by atoms with van der Waals surface area (Å²) in [6, 6.07) is 6.12. The SMILES string of the molecule is CCCC.CS.Cc1c(F)ccc(Cc2ncc(C)n2C)c1C.Cc1nc(N)ccc1F. The largest absolute Gasteiger partial charge is 0.384 e. The standard InChI is InChI=1S/C14H17FN2.C6H7FN2.C4H10.CH4S/c1-9-8-16-14(17(9)4)7-12-5-6-13(15)11(3)10(12)2;1-4-5(7)2-3-6(8)9-4;1-3-4-2;1-2/h5-6,8H,7H2,1-4H3;2-3H,1H3,(H2,8,9);3-4H2,1-2H3;2H,1H3. The minimum atomic E-state index is -0.316. The van der Waals surface area contributed by atoms with E-state index in [1.807, 2.05) is 40.1 Å². The molecule has 0 fully saturated rings. The van der Waals surface area contributed by atoms with Gasteiger partial charge in [0.15, 0.2) is 0 Å². The number of pyridine rings is 1. The van der Waals surface area contributed by atoms with Gasteiger partial charge in [-0.2, -0.15) is 12.6 Å². The zero-order valence-electron chi connectivity index (χ0n) is 20.6. The van der Waals surface area contributed by atoms with Crippen molar-refractivity contribution in [3.05, 3.63) is 76.0 Å². The number of nitrogens with zero attached hydrogens (tertiary/aromatic N) is 3. The highest BCUT2D eigenvalue weighted by Crippen LogP contribution is 2.19. The molecule has 7 heteroatoms. The Morgan fingerprint density at radius 1 is 0.906 bits per heavy atom. The van der Waals surface area contributed by atoms with E-state index >= 15 is 0 Å². The number of unbranched alkanes of at least 4 members (excludes halogenated alkanes) is 1. The molecule has 178 valence electrons. The summed E-state index contributed by atoms with van der Waals surface area (Å²) in [6.07, 6.45) is 6.94. The normalized spacial score (nSPS) is 9.59. The van der Waals surface area contributed by atoms with E-state index in [0.717, 1.165) is 34.6 Å². The van der Waals surface area contributed by atoms with E-state index < -0.39 is 0 Å². The van der Waals surface area contributed by atoms with E-state index in [0.29, 0.717) is 11.5 Å². The molecule has 0 aliphatic rings. The van der Waals surface area contributed by atoms with E-state index in [4.69, 9.17) is 5.73 Å². The van der Waals surface area contributed by atoms with Crippen molar-refractivity contribution >= 4 is 18.4 Å². The van der Waals surface area contributed by atoms with Crippen LogP contribution in [0.3, 0.4) is 0 Å². The number of hydrogen-bond donors (Lipinski definition) is 2. The summed E-state index contributed by atoms with van der Waals surface area (Å²) in [5.74, 6) is 0.914. The lowest BCUT2D eigenvalue weighted by atomic mass is 10.0. The van der Waals surface area contributed by atoms with Gasteiger partial charge in [0.05, 0.1) is 5.69 Å². The van der Waals surface area contributed by atoms with Crippen LogP contribution in [0.5, 0.6) is 0 Å². The zero-order valence-corrected chi connectivity index (χ0v) is 21.5. The summed E-state index contributed by atoms with van der Waals surface area (Å²) in [5.41, 5.74) is 9.61. The summed E-state index contributed by atoms with van der Waals surface area (Å²) >= 11 is 3.53. The maximum atomic E-state index is 13.4. The first-order valence-electron chi connectivity index (χ1n) is 10.7. The van der Waals surface area contributed by atoms with Gasteiger partial charge in [-0.05, 0) is 68.8 Å². The molecular weight excluding hydrogens is 426 g/mol. The number of rotatable bonds is 3. The highest BCUT2D eigenvalue weighted by atomic mass is 32.1. The molecule has 2 heterocycles. The van der Waals surface area contributed by atoms with Gasteiger partial charge >= 0.3 is 0 Å². The molecule has 0 spiro atoms. The molecule has 0 amide bonds. The van der Waals surface area contributed by atoms with Crippen LogP contribution < -0.4 is 5.73 Å². The van der Waals surface area contributed by atoms with Gasteiger partial charge in [-0.1, -0.05) is 32.8 Å². The summed E-state index contributed by atoms with van der Waals surface area (Å²) in [6.45, 7) is 11.7. The van der Waals surface area contributed by atoms with Crippen molar-refractivity contribution in [3.8, 4) is 0 Å². The third kappa shape index (κ3) is 9.39. The topological polar surface area (TPSA) is 56.7 Å². The molecule has 0 saturated carbocycles. The maximum absolute atomic E-state index is 13.4. The minimum Gasteiger partial charge on any atom is -0.384 e. The van der Waals surface area contributed by atoms with Crippen molar-refractivity contribution in [2.45, 2.75) is 60.8 Å². The number of benzene rings is 1. The summed E-state index contributed by atoms with van der Waals surface area (Å²) in [5, 5.41) is 0. The van der Waals surface area contributed by atoms with E-state index in [1.165, 1.54) is 31.0 Å². The fraction of sp³-hybridized carbons (Fsp3) is 0.440. The van der Waals surface area contributed by atoms with Crippen molar-refractivity contribution < 1.29 is 8.78 Å². The van der Waals surface area contributed by atoms with Crippen LogP contribution in [0.25, 0.3) is 0 Å². The van der Waals surface area contributed by atoms with Crippen molar-refractivity contribution in [2.24, 2.45) is 7.05 Å². The van der Waals surface area contributed by atoms with E-state index in [9.17, 15) is 8.78 Å². The average molecular weight is 465 g/mol. The molecule has 3 rings (SSSR count). The second kappa shape index (κ2) is 15.4. The molecule has 0 atom stereocenters. The number of aryl methyl sites for hydroxylation is 2. The maximum Gasteiger partial charge on any atom is 0.144 e. The molecular formula is C25H38F2N4S. The van der Waals surface area contributed by atoms with Crippen LogP contribution in [0, 0.1) is 39.3 Å². The third-order valence-electron chi connectivity index (χ3n) is 5.04. The molecule has 4 nitrogen and oxygen atoms in total. The molecule has 0 saturated heterocycles. The summed E-state index contributed by atoms with van der Waals surface area (Å²) < 4.78 is 27.8. The molecule has 0 unspecified atom stereocenters. The van der Waals surface area contributed by atoms with Crippen LogP contribution in [0.2, 0.25) is 0 Å². The molecule has 32 heavy (non-hydrogen) atoms.